The van der Waals surface area contributed by atoms with Crippen LogP contribution in [0.4, 0.5) is 5.69 Å². The van der Waals surface area contributed by atoms with E-state index in [2.05, 4.69) is 17.0 Å². The first kappa shape index (κ1) is 17.7. The summed E-state index contributed by atoms with van der Waals surface area (Å²) in [5.41, 5.74) is 0.242. The Labute approximate surface area is 129 Å². The number of unbranched alkanes of at least 4 members (excludes halogenated alkanes) is 1. The van der Waals surface area contributed by atoms with Crippen molar-refractivity contribution in [3.05, 3.63) is 34.2 Å². The van der Waals surface area contributed by atoms with Gasteiger partial charge in [0.2, 0.25) is 0 Å². The maximum Gasteiger partial charge on any atom is 0.287 e. The van der Waals surface area contributed by atoms with Crippen LogP contribution in [0.2, 0.25) is 5.02 Å². The van der Waals surface area contributed by atoms with Crippen molar-refractivity contribution in [2.75, 3.05) is 38.8 Å². The van der Waals surface area contributed by atoms with Crippen LogP contribution in [0.5, 0.6) is 0 Å². The van der Waals surface area contributed by atoms with Crippen LogP contribution in [-0.4, -0.2) is 43.3 Å². The Morgan fingerprint density at radius 1 is 1.43 bits per heavy atom. The molecule has 0 saturated heterocycles. The molecule has 0 bridgehead atoms. The highest BCUT2D eigenvalue weighted by Gasteiger charge is 2.07. The molecule has 6 nitrogen and oxygen atoms in total. The fourth-order valence-electron chi connectivity index (χ4n) is 1.64. The topological polar surface area (TPSA) is 65.4 Å². The van der Waals surface area contributed by atoms with E-state index >= 15 is 0 Å². The van der Waals surface area contributed by atoms with Gasteiger partial charge < -0.3 is 14.8 Å². The Bertz CT molecular complexity index is 491. The molecule has 1 N–H and O–H groups in total. The number of anilines is 1. The molecule has 0 amide bonds. The largest absolute Gasteiger partial charge is 0.382 e. The number of rotatable bonds is 11. The summed E-state index contributed by atoms with van der Waals surface area (Å²) in [5.74, 6) is 0. The van der Waals surface area contributed by atoms with Gasteiger partial charge in [-0.15, -0.1) is 6.58 Å². The van der Waals surface area contributed by atoms with Crippen LogP contribution < -0.4 is 10.9 Å². The number of nitrogens with zero attached hydrogens (tertiary/aromatic N) is 2. The summed E-state index contributed by atoms with van der Waals surface area (Å²) < 4.78 is 11.5. The summed E-state index contributed by atoms with van der Waals surface area (Å²) in [6.07, 6.45) is 5.00. The van der Waals surface area contributed by atoms with Crippen LogP contribution >= 0.6 is 11.6 Å². The number of hydrogen-bond donors (Lipinski definition) is 1. The summed E-state index contributed by atoms with van der Waals surface area (Å²) in [4.78, 5) is 11.9. The van der Waals surface area contributed by atoms with Gasteiger partial charge in [0.25, 0.3) is 5.56 Å². The molecule has 118 valence electrons. The van der Waals surface area contributed by atoms with E-state index in [1.165, 1.54) is 4.68 Å². The molecule has 0 spiro atoms. The van der Waals surface area contributed by atoms with Gasteiger partial charge in [-0.1, -0.05) is 17.7 Å². The lowest BCUT2D eigenvalue weighted by Crippen LogP contribution is -2.23. The second kappa shape index (κ2) is 10.4. The molecule has 0 fully saturated rings. The van der Waals surface area contributed by atoms with Crippen LogP contribution in [-0.2, 0) is 16.0 Å². The summed E-state index contributed by atoms with van der Waals surface area (Å²) in [7, 11) is 1.65. The zero-order valence-electron chi connectivity index (χ0n) is 12.3. The van der Waals surface area contributed by atoms with Crippen LogP contribution in [0, 0.1) is 0 Å². The van der Waals surface area contributed by atoms with E-state index < -0.39 is 0 Å². The molecule has 0 unspecified atom stereocenters. The molecule has 1 heterocycles. The predicted octanol–water partition coefficient (Wildman–Crippen LogP) is 1.94. The van der Waals surface area contributed by atoms with Crippen molar-refractivity contribution in [3.63, 3.8) is 0 Å². The molecule has 7 heteroatoms. The van der Waals surface area contributed by atoms with Crippen molar-refractivity contribution in [1.29, 1.82) is 0 Å². The minimum Gasteiger partial charge on any atom is -0.382 e. The lowest BCUT2D eigenvalue weighted by Gasteiger charge is -2.09. The third-order valence-corrected chi connectivity index (χ3v) is 3.11. The fraction of sp³-hybridized carbons (Fsp3) is 0.571. The first-order valence-electron chi connectivity index (χ1n) is 6.87. The number of allylic oxidation sites excluding steroid dienone is 1. The van der Waals surface area contributed by atoms with E-state index in [4.69, 9.17) is 21.1 Å². The van der Waals surface area contributed by atoms with Gasteiger partial charge in [0.05, 0.1) is 31.6 Å². The lowest BCUT2D eigenvalue weighted by atomic mass is 10.3. The third-order valence-electron chi connectivity index (χ3n) is 2.75. The van der Waals surface area contributed by atoms with Crippen LogP contribution in [0.25, 0.3) is 0 Å². The summed E-state index contributed by atoms with van der Waals surface area (Å²) in [5, 5.41) is 7.29. The Morgan fingerprint density at radius 2 is 2.24 bits per heavy atom. The Hall–Kier alpha value is -1.37. The molecule has 1 aromatic rings. The molecule has 1 aromatic heterocycles. The van der Waals surface area contributed by atoms with Gasteiger partial charge in [0.15, 0.2) is 0 Å². The fourth-order valence-corrected chi connectivity index (χ4v) is 1.85. The number of methoxy groups -OCH3 is 1. The zero-order valence-corrected chi connectivity index (χ0v) is 13.1. The van der Waals surface area contributed by atoms with Crippen molar-refractivity contribution >= 4 is 17.3 Å². The first-order chi connectivity index (χ1) is 10.2. The molecule has 0 aliphatic rings. The number of ether oxygens (including phenoxy) is 2. The first-order valence-corrected chi connectivity index (χ1v) is 7.25. The summed E-state index contributed by atoms with van der Waals surface area (Å²) >= 11 is 6.02. The number of aromatic nitrogens is 2. The van der Waals surface area contributed by atoms with E-state index in [1.54, 1.807) is 19.4 Å². The minimum absolute atomic E-state index is 0.156. The quantitative estimate of drug-likeness (QED) is 0.499. The molecular formula is C14H22ClN3O3. The lowest BCUT2D eigenvalue weighted by molar-refractivity contribution is 0.0691. The van der Waals surface area contributed by atoms with Gasteiger partial charge in [-0.25, -0.2) is 4.68 Å². The van der Waals surface area contributed by atoms with Gasteiger partial charge in [-0.2, -0.15) is 5.10 Å². The monoisotopic (exact) mass is 315 g/mol. The zero-order chi connectivity index (χ0) is 15.5. The second-order valence-electron chi connectivity index (χ2n) is 4.39. The predicted molar refractivity (Wildman–Crippen MR) is 84.1 cm³/mol. The van der Waals surface area contributed by atoms with E-state index in [9.17, 15) is 4.79 Å². The Morgan fingerprint density at radius 3 is 2.95 bits per heavy atom. The number of nitrogens with one attached hydrogen (secondary N) is 1. The SMILES string of the molecule is C=CCn1ncc(NCCCCOCCOC)c(Cl)c1=O. The molecule has 1 rings (SSSR count). The molecule has 21 heavy (non-hydrogen) atoms. The normalized spacial score (nSPS) is 10.6. The van der Waals surface area contributed by atoms with E-state index in [-0.39, 0.29) is 10.6 Å². The highest BCUT2D eigenvalue weighted by molar-refractivity contribution is 6.32. The van der Waals surface area contributed by atoms with Gasteiger partial charge in [0, 0.05) is 20.3 Å². The van der Waals surface area contributed by atoms with Gasteiger partial charge in [-0.05, 0) is 12.8 Å². The highest BCUT2D eigenvalue weighted by Crippen LogP contribution is 2.15. The average Bonchev–Trinajstić information content (AvgIpc) is 2.49. The van der Waals surface area contributed by atoms with E-state index in [0.717, 1.165) is 12.8 Å². The third kappa shape index (κ3) is 6.29. The number of halogens is 1. The standard InChI is InChI=1S/C14H22ClN3O3/c1-3-7-18-14(19)13(15)12(11-17-18)16-6-4-5-8-21-10-9-20-2/h3,11,16H,1,4-10H2,2H3. The molecule has 0 aliphatic carbocycles. The van der Waals surface area contributed by atoms with Crippen molar-refractivity contribution in [2.24, 2.45) is 0 Å². The highest BCUT2D eigenvalue weighted by atomic mass is 35.5. The van der Waals surface area contributed by atoms with Gasteiger partial charge in [0.1, 0.15) is 5.02 Å². The second-order valence-corrected chi connectivity index (χ2v) is 4.77. The van der Waals surface area contributed by atoms with E-state index in [0.29, 0.717) is 38.6 Å². The Kier molecular flexibility index (Phi) is 8.73. The van der Waals surface area contributed by atoms with Crippen LogP contribution in [0.15, 0.2) is 23.6 Å². The van der Waals surface area contributed by atoms with Crippen molar-refractivity contribution in [3.8, 4) is 0 Å². The molecular weight excluding hydrogens is 294 g/mol. The van der Waals surface area contributed by atoms with Gasteiger partial charge >= 0.3 is 0 Å². The van der Waals surface area contributed by atoms with E-state index in [1.807, 2.05) is 0 Å². The average molecular weight is 316 g/mol. The Balaban J connectivity index is 2.31. The molecule has 0 saturated carbocycles. The van der Waals surface area contributed by atoms with Crippen molar-refractivity contribution < 1.29 is 9.47 Å². The molecule has 0 aliphatic heterocycles. The molecule has 0 radical (unpaired) electrons. The summed E-state index contributed by atoms with van der Waals surface area (Å²) in [6, 6.07) is 0. The maximum atomic E-state index is 11.9. The smallest absolute Gasteiger partial charge is 0.287 e. The van der Waals surface area contributed by atoms with Gasteiger partial charge in [-0.3, -0.25) is 4.79 Å². The van der Waals surface area contributed by atoms with Crippen molar-refractivity contribution in [1.82, 2.24) is 9.78 Å². The minimum atomic E-state index is -0.315. The number of hydrogen-bond acceptors (Lipinski definition) is 5. The van der Waals surface area contributed by atoms with Crippen LogP contribution in [0.3, 0.4) is 0 Å². The van der Waals surface area contributed by atoms with Crippen molar-refractivity contribution in [2.45, 2.75) is 19.4 Å². The molecule has 0 aromatic carbocycles. The summed E-state index contributed by atoms with van der Waals surface area (Å²) in [6.45, 7) is 6.54. The molecule has 0 atom stereocenters. The van der Waals surface area contributed by atoms with Crippen LogP contribution in [0.1, 0.15) is 12.8 Å². The maximum absolute atomic E-state index is 11.9.